The summed E-state index contributed by atoms with van der Waals surface area (Å²) in [6.07, 6.45) is 3.15. The van der Waals surface area contributed by atoms with Crippen molar-refractivity contribution in [1.82, 2.24) is 4.98 Å². The summed E-state index contributed by atoms with van der Waals surface area (Å²) in [6, 6.07) is 14.5. The maximum absolute atomic E-state index is 11.7. The Bertz CT molecular complexity index is 967. The molecule has 2 aromatic carbocycles. The largest absolute Gasteiger partial charge is 0.497 e. The molecule has 0 saturated heterocycles. The van der Waals surface area contributed by atoms with Crippen molar-refractivity contribution >= 4 is 20.6 Å². The highest BCUT2D eigenvalue weighted by Gasteiger charge is 2.06. The van der Waals surface area contributed by atoms with Gasteiger partial charge in [-0.2, -0.15) is 0 Å². The molecule has 0 spiro atoms. The van der Waals surface area contributed by atoms with Gasteiger partial charge in [-0.05, 0) is 42.5 Å². The molecule has 24 heavy (non-hydrogen) atoms. The first-order chi connectivity index (χ1) is 11.5. The number of methoxy groups -OCH3 is 1. The summed E-state index contributed by atoms with van der Waals surface area (Å²) in [5.41, 5.74) is 1.87. The number of aromatic nitrogens is 1. The first-order valence-electron chi connectivity index (χ1n) is 7.36. The quantitative estimate of drug-likeness (QED) is 0.764. The number of fused-ring (bicyclic) bond motifs is 1. The zero-order valence-electron chi connectivity index (χ0n) is 13.5. The molecule has 6 heteroatoms. The fourth-order valence-electron chi connectivity index (χ4n) is 2.40. The van der Waals surface area contributed by atoms with Gasteiger partial charge in [0.1, 0.15) is 18.1 Å². The van der Waals surface area contributed by atoms with Crippen LogP contribution in [-0.2, 0) is 16.3 Å². The average Bonchev–Trinajstić information content (AvgIpc) is 2.59. The second-order valence-electron chi connectivity index (χ2n) is 5.46. The van der Waals surface area contributed by atoms with Crippen molar-refractivity contribution < 1.29 is 13.7 Å². The van der Waals surface area contributed by atoms with Gasteiger partial charge in [0, 0.05) is 34.4 Å². The summed E-state index contributed by atoms with van der Waals surface area (Å²) >= 11 is 0. The minimum absolute atomic E-state index is 0.396. The molecule has 1 heterocycles. The van der Waals surface area contributed by atoms with Gasteiger partial charge in [0.25, 0.3) is 0 Å². The van der Waals surface area contributed by atoms with Crippen LogP contribution in [0, 0.1) is 4.78 Å². The molecule has 0 saturated carbocycles. The Morgan fingerprint density at radius 2 is 1.79 bits per heavy atom. The van der Waals surface area contributed by atoms with Crippen LogP contribution in [-0.4, -0.2) is 22.6 Å². The maximum Gasteiger partial charge on any atom is 0.121 e. The van der Waals surface area contributed by atoms with Crippen molar-refractivity contribution in [3.05, 3.63) is 60.3 Å². The molecule has 0 radical (unpaired) electrons. The van der Waals surface area contributed by atoms with Crippen molar-refractivity contribution in [1.29, 1.82) is 4.78 Å². The molecule has 0 aliphatic carbocycles. The molecular weight excluding hydrogens is 324 g/mol. The Morgan fingerprint density at radius 3 is 2.46 bits per heavy atom. The standard InChI is InChI=1S/C18H18N2O3S/c1-22-15-5-8-17-13(9-10-20-18(17)11-15)12-23-14-3-6-16(7-4-14)24(2,19)21/h3-11,19H,12H2,1-2H3. The lowest BCUT2D eigenvalue weighted by Crippen LogP contribution is -1.99. The molecule has 1 unspecified atom stereocenters. The van der Waals surface area contributed by atoms with Gasteiger partial charge in [-0.25, -0.2) is 8.99 Å². The Kier molecular flexibility index (Phi) is 4.40. The van der Waals surface area contributed by atoms with Gasteiger partial charge >= 0.3 is 0 Å². The van der Waals surface area contributed by atoms with E-state index < -0.39 is 9.73 Å². The molecule has 3 rings (SSSR count). The van der Waals surface area contributed by atoms with Crippen molar-refractivity contribution in [2.24, 2.45) is 0 Å². The predicted molar refractivity (Wildman–Crippen MR) is 94.1 cm³/mol. The number of nitrogens with zero attached hydrogens (tertiary/aromatic N) is 1. The number of hydrogen-bond donors (Lipinski definition) is 1. The zero-order chi connectivity index (χ0) is 17.2. The van der Waals surface area contributed by atoms with E-state index in [0.717, 1.165) is 22.2 Å². The summed E-state index contributed by atoms with van der Waals surface area (Å²) in [4.78, 5) is 4.85. The highest BCUT2D eigenvalue weighted by molar-refractivity contribution is 7.91. The van der Waals surface area contributed by atoms with Gasteiger partial charge < -0.3 is 9.47 Å². The van der Waals surface area contributed by atoms with E-state index in [-0.39, 0.29) is 0 Å². The first kappa shape index (κ1) is 16.3. The lowest BCUT2D eigenvalue weighted by Gasteiger charge is -2.10. The second kappa shape index (κ2) is 6.49. The molecule has 1 aromatic heterocycles. The van der Waals surface area contributed by atoms with Crippen LogP contribution in [0.5, 0.6) is 11.5 Å². The van der Waals surface area contributed by atoms with Crippen molar-refractivity contribution in [2.75, 3.05) is 13.4 Å². The van der Waals surface area contributed by atoms with Crippen molar-refractivity contribution in [2.45, 2.75) is 11.5 Å². The summed E-state index contributed by atoms with van der Waals surface area (Å²) in [7, 11) is -1.07. The summed E-state index contributed by atoms with van der Waals surface area (Å²) < 4.78 is 30.3. The Morgan fingerprint density at radius 1 is 1.08 bits per heavy atom. The van der Waals surface area contributed by atoms with Gasteiger partial charge in [-0.15, -0.1) is 0 Å². The molecule has 3 aromatic rings. The van der Waals surface area contributed by atoms with Crippen LogP contribution >= 0.6 is 0 Å². The van der Waals surface area contributed by atoms with E-state index in [9.17, 15) is 4.21 Å². The predicted octanol–water partition coefficient (Wildman–Crippen LogP) is 3.86. The van der Waals surface area contributed by atoms with Crippen LogP contribution in [0.25, 0.3) is 10.9 Å². The highest BCUT2D eigenvalue weighted by atomic mass is 32.2. The van der Waals surface area contributed by atoms with Crippen LogP contribution in [0.1, 0.15) is 5.56 Å². The van der Waals surface area contributed by atoms with E-state index in [4.69, 9.17) is 14.3 Å². The molecular formula is C18H18N2O3S. The minimum atomic E-state index is -2.70. The molecule has 0 amide bonds. The van der Waals surface area contributed by atoms with E-state index in [2.05, 4.69) is 4.98 Å². The molecule has 0 aliphatic rings. The fourth-order valence-corrected chi connectivity index (χ4v) is 3.05. The van der Waals surface area contributed by atoms with Crippen LogP contribution in [0.2, 0.25) is 0 Å². The molecule has 1 N–H and O–H groups in total. The third kappa shape index (κ3) is 3.49. The first-order valence-corrected chi connectivity index (χ1v) is 9.32. The molecule has 0 fully saturated rings. The van der Waals surface area contributed by atoms with E-state index in [0.29, 0.717) is 17.3 Å². The van der Waals surface area contributed by atoms with Crippen LogP contribution in [0.3, 0.4) is 0 Å². The van der Waals surface area contributed by atoms with Gasteiger partial charge in [-0.3, -0.25) is 4.98 Å². The number of pyridine rings is 1. The van der Waals surface area contributed by atoms with Crippen molar-refractivity contribution in [3.63, 3.8) is 0 Å². The summed E-state index contributed by atoms with van der Waals surface area (Å²) in [6.45, 7) is 0.396. The van der Waals surface area contributed by atoms with Gasteiger partial charge in [0.2, 0.25) is 0 Å². The average molecular weight is 342 g/mol. The normalized spacial score (nSPS) is 13.4. The summed E-state index contributed by atoms with van der Waals surface area (Å²) in [5, 5.41) is 1.01. The van der Waals surface area contributed by atoms with E-state index in [1.54, 1.807) is 37.6 Å². The van der Waals surface area contributed by atoms with E-state index in [1.807, 2.05) is 24.3 Å². The molecule has 0 aliphatic heterocycles. The maximum atomic E-state index is 11.7. The van der Waals surface area contributed by atoms with Crippen LogP contribution in [0.15, 0.2) is 59.6 Å². The minimum Gasteiger partial charge on any atom is -0.497 e. The Hall–Kier alpha value is -2.60. The van der Waals surface area contributed by atoms with Gasteiger partial charge in [0.15, 0.2) is 0 Å². The molecule has 124 valence electrons. The lowest BCUT2D eigenvalue weighted by molar-refractivity contribution is 0.307. The van der Waals surface area contributed by atoms with Crippen LogP contribution < -0.4 is 9.47 Å². The topological polar surface area (TPSA) is 72.3 Å². The smallest absolute Gasteiger partial charge is 0.121 e. The van der Waals surface area contributed by atoms with Crippen molar-refractivity contribution in [3.8, 4) is 11.5 Å². The molecule has 5 nitrogen and oxygen atoms in total. The Balaban J connectivity index is 1.81. The fraction of sp³-hybridized carbons (Fsp3) is 0.167. The molecule has 0 bridgehead atoms. The second-order valence-corrected chi connectivity index (χ2v) is 7.62. The number of rotatable bonds is 5. The van der Waals surface area contributed by atoms with Gasteiger partial charge in [0.05, 0.1) is 22.4 Å². The highest BCUT2D eigenvalue weighted by Crippen LogP contribution is 2.23. The van der Waals surface area contributed by atoms with E-state index >= 15 is 0 Å². The van der Waals surface area contributed by atoms with E-state index in [1.165, 1.54) is 6.26 Å². The molecule has 1 atom stereocenters. The SMILES string of the molecule is COc1ccc2c(COc3ccc(S(C)(=N)=O)cc3)ccnc2c1. The Labute approximate surface area is 141 Å². The zero-order valence-corrected chi connectivity index (χ0v) is 14.3. The van der Waals surface area contributed by atoms with Crippen LogP contribution in [0.4, 0.5) is 0 Å². The summed E-state index contributed by atoms with van der Waals surface area (Å²) in [5.74, 6) is 1.43. The monoisotopic (exact) mass is 342 g/mol. The number of benzene rings is 2. The third-order valence-electron chi connectivity index (χ3n) is 3.71. The lowest BCUT2D eigenvalue weighted by atomic mass is 10.1. The number of ether oxygens (including phenoxy) is 2. The number of nitrogens with one attached hydrogen (secondary N) is 1. The van der Waals surface area contributed by atoms with Gasteiger partial charge in [-0.1, -0.05) is 0 Å². The third-order valence-corrected chi connectivity index (χ3v) is 4.88. The number of hydrogen-bond acceptors (Lipinski definition) is 5.